The van der Waals surface area contributed by atoms with Gasteiger partial charge in [-0.1, -0.05) is 18.9 Å². The van der Waals surface area contributed by atoms with Gasteiger partial charge in [-0.2, -0.15) is 5.10 Å². The summed E-state index contributed by atoms with van der Waals surface area (Å²) in [5.74, 6) is 2.37. The van der Waals surface area contributed by atoms with Gasteiger partial charge in [0.15, 0.2) is 0 Å². The molecule has 2 N–H and O–H groups in total. The van der Waals surface area contributed by atoms with Crippen molar-refractivity contribution in [3.05, 3.63) is 54.7 Å². The number of pyridine rings is 1. The molecule has 8 nitrogen and oxygen atoms in total. The highest BCUT2D eigenvalue weighted by atomic mass is 16.5. The number of nitrogens with zero attached hydrogens (tertiary/aromatic N) is 4. The van der Waals surface area contributed by atoms with E-state index in [4.69, 9.17) is 19.6 Å². The van der Waals surface area contributed by atoms with Crippen molar-refractivity contribution in [2.24, 2.45) is 0 Å². The van der Waals surface area contributed by atoms with Gasteiger partial charge in [-0.25, -0.2) is 14.5 Å². The molecule has 3 aromatic heterocycles. The molecule has 34 heavy (non-hydrogen) atoms. The van der Waals surface area contributed by atoms with Crippen LogP contribution in [0.25, 0.3) is 28.0 Å². The van der Waals surface area contributed by atoms with Crippen molar-refractivity contribution in [2.45, 2.75) is 31.7 Å². The molecule has 0 bridgehead atoms. The van der Waals surface area contributed by atoms with E-state index in [2.05, 4.69) is 21.7 Å². The van der Waals surface area contributed by atoms with E-state index in [9.17, 15) is 0 Å². The van der Waals surface area contributed by atoms with Gasteiger partial charge < -0.3 is 20.1 Å². The Bertz CT molecular complexity index is 1250. The first-order valence-electron chi connectivity index (χ1n) is 11.8. The average molecular weight is 459 g/mol. The molecule has 0 amide bonds. The van der Waals surface area contributed by atoms with Crippen LogP contribution in [0.15, 0.2) is 54.7 Å². The Morgan fingerprint density at radius 2 is 1.85 bits per heavy atom. The average Bonchev–Trinajstić information content (AvgIpc) is 3.53. The molecular formula is C26H30N6O2. The van der Waals surface area contributed by atoms with E-state index in [1.807, 2.05) is 53.2 Å². The monoisotopic (exact) mass is 458 g/mol. The molecular weight excluding hydrogens is 428 g/mol. The number of rotatable bonds is 9. The standard InChI is InChI=1S/C26H30N6O2/c1-33-17-16-27-23-9-5-8-22-24(21-14-15-28-26(30-21)29-19-6-3-4-7-19)25(31-32(22)23)18-10-12-20(34-2)13-11-18/h5,8-15,19,27H,3-4,6-7,16-17H2,1-2H3,(H,28,29,30). The summed E-state index contributed by atoms with van der Waals surface area (Å²) in [6.07, 6.45) is 6.66. The minimum atomic E-state index is 0.441. The van der Waals surface area contributed by atoms with Crippen LogP contribution < -0.4 is 15.4 Å². The van der Waals surface area contributed by atoms with Gasteiger partial charge in [0, 0.05) is 31.5 Å². The molecule has 1 aliphatic rings. The lowest BCUT2D eigenvalue weighted by atomic mass is 10.0. The second-order valence-corrected chi connectivity index (χ2v) is 8.47. The molecule has 1 fully saturated rings. The highest BCUT2D eigenvalue weighted by molar-refractivity contribution is 5.91. The van der Waals surface area contributed by atoms with Crippen LogP contribution in [0.3, 0.4) is 0 Å². The number of aromatic nitrogens is 4. The van der Waals surface area contributed by atoms with E-state index in [0.717, 1.165) is 52.4 Å². The molecule has 8 heteroatoms. The lowest BCUT2D eigenvalue weighted by molar-refractivity contribution is 0.210. The topological polar surface area (TPSA) is 85.6 Å². The first-order chi connectivity index (χ1) is 16.8. The third-order valence-corrected chi connectivity index (χ3v) is 6.23. The highest BCUT2D eigenvalue weighted by Gasteiger charge is 2.21. The maximum Gasteiger partial charge on any atom is 0.223 e. The molecule has 0 aliphatic heterocycles. The van der Waals surface area contributed by atoms with E-state index in [1.165, 1.54) is 12.8 Å². The van der Waals surface area contributed by atoms with Gasteiger partial charge >= 0.3 is 0 Å². The van der Waals surface area contributed by atoms with Crippen molar-refractivity contribution >= 4 is 17.3 Å². The molecule has 3 heterocycles. The fraction of sp³-hybridized carbons (Fsp3) is 0.346. The van der Waals surface area contributed by atoms with E-state index in [0.29, 0.717) is 25.1 Å². The fourth-order valence-corrected chi connectivity index (χ4v) is 4.51. The summed E-state index contributed by atoms with van der Waals surface area (Å²) in [4.78, 5) is 9.41. The molecule has 1 aromatic carbocycles. The summed E-state index contributed by atoms with van der Waals surface area (Å²) >= 11 is 0. The molecule has 0 spiro atoms. The molecule has 5 rings (SSSR count). The first-order valence-corrected chi connectivity index (χ1v) is 11.8. The number of ether oxygens (including phenoxy) is 2. The van der Waals surface area contributed by atoms with Crippen LogP contribution in [-0.4, -0.2) is 53.0 Å². The van der Waals surface area contributed by atoms with Gasteiger partial charge in [-0.3, -0.25) is 0 Å². The first kappa shape index (κ1) is 22.2. The van der Waals surface area contributed by atoms with Crippen LogP contribution in [0, 0.1) is 0 Å². The Kier molecular flexibility index (Phi) is 6.58. The number of benzene rings is 1. The van der Waals surface area contributed by atoms with Gasteiger partial charge in [0.05, 0.1) is 30.5 Å². The van der Waals surface area contributed by atoms with Crippen molar-refractivity contribution < 1.29 is 9.47 Å². The van der Waals surface area contributed by atoms with Crippen molar-refractivity contribution in [1.29, 1.82) is 0 Å². The smallest absolute Gasteiger partial charge is 0.223 e. The molecule has 1 saturated carbocycles. The molecule has 4 aromatic rings. The van der Waals surface area contributed by atoms with Crippen LogP contribution in [0.2, 0.25) is 0 Å². The Morgan fingerprint density at radius 3 is 2.62 bits per heavy atom. The second kappa shape index (κ2) is 10.1. The minimum absolute atomic E-state index is 0.441. The van der Waals surface area contributed by atoms with E-state index < -0.39 is 0 Å². The zero-order chi connectivity index (χ0) is 23.3. The van der Waals surface area contributed by atoms with Crippen LogP contribution in [0.1, 0.15) is 25.7 Å². The minimum Gasteiger partial charge on any atom is -0.497 e. The van der Waals surface area contributed by atoms with Gasteiger partial charge in [0.1, 0.15) is 17.3 Å². The van der Waals surface area contributed by atoms with Crippen LogP contribution in [0.4, 0.5) is 11.8 Å². The number of hydrogen-bond acceptors (Lipinski definition) is 7. The van der Waals surface area contributed by atoms with Gasteiger partial charge in [-0.15, -0.1) is 0 Å². The molecule has 0 radical (unpaired) electrons. The fourth-order valence-electron chi connectivity index (χ4n) is 4.51. The molecule has 0 saturated heterocycles. The maximum absolute atomic E-state index is 5.36. The second-order valence-electron chi connectivity index (χ2n) is 8.47. The SMILES string of the molecule is COCCNc1cccc2c(-c3ccnc(NC4CCCC4)n3)c(-c3ccc(OC)cc3)nn12. The third-order valence-electron chi connectivity index (χ3n) is 6.23. The molecule has 0 atom stereocenters. The van der Waals surface area contributed by atoms with Gasteiger partial charge in [0.2, 0.25) is 5.95 Å². The predicted octanol–water partition coefficient (Wildman–Crippen LogP) is 4.88. The summed E-state index contributed by atoms with van der Waals surface area (Å²) in [6, 6.07) is 16.5. The number of fused-ring (bicyclic) bond motifs is 1. The van der Waals surface area contributed by atoms with Crippen LogP contribution >= 0.6 is 0 Å². The quantitative estimate of drug-likeness (QED) is 0.346. The summed E-state index contributed by atoms with van der Waals surface area (Å²) < 4.78 is 12.5. The van der Waals surface area contributed by atoms with Crippen molar-refractivity contribution in [1.82, 2.24) is 19.6 Å². The number of anilines is 2. The van der Waals surface area contributed by atoms with Crippen molar-refractivity contribution in [2.75, 3.05) is 38.0 Å². The number of methoxy groups -OCH3 is 2. The van der Waals surface area contributed by atoms with E-state index in [1.54, 1.807) is 14.2 Å². The maximum atomic E-state index is 5.36. The van der Waals surface area contributed by atoms with Crippen molar-refractivity contribution in [3.8, 4) is 28.3 Å². The summed E-state index contributed by atoms with van der Waals surface area (Å²) in [7, 11) is 3.37. The summed E-state index contributed by atoms with van der Waals surface area (Å²) in [5, 5.41) is 12.0. The van der Waals surface area contributed by atoms with Crippen LogP contribution in [0.5, 0.6) is 5.75 Å². The highest BCUT2D eigenvalue weighted by Crippen LogP contribution is 2.36. The Hall–Kier alpha value is -3.65. The number of nitrogens with one attached hydrogen (secondary N) is 2. The van der Waals surface area contributed by atoms with E-state index in [-0.39, 0.29) is 0 Å². The van der Waals surface area contributed by atoms with Crippen LogP contribution in [-0.2, 0) is 4.74 Å². The third kappa shape index (κ3) is 4.54. The predicted molar refractivity (Wildman–Crippen MR) is 134 cm³/mol. The molecule has 1 aliphatic carbocycles. The lowest BCUT2D eigenvalue weighted by Crippen LogP contribution is -2.16. The van der Waals surface area contributed by atoms with E-state index >= 15 is 0 Å². The lowest BCUT2D eigenvalue weighted by Gasteiger charge is -2.12. The summed E-state index contributed by atoms with van der Waals surface area (Å²) in [5.41, 5.74) is 4.63. The van der Waals surface area contributed by atoms with Gasteiger partial charge in [-0.05, 0) is 55.3 Å². The summed E-state index contributed by atoms with van der Waals surface area (Å²) in [6.45, 7) is 1.30. The molecule has 0 unspecified atom stereocenters. The largest absolute Gasteiger partial charge is 0.497 e. The van der Waals surface area contributed by atoms with Gasteiger partial charge in [0.25, 0.3) is 0 Å². The van der Waals surface area contributed by atoms with Crippen molar-refractivity contribution in [3.63, 3.8) is 0 Å². The molecule has 176 valence electrons. The zero-order valence-corrected chi connectivity index (χ0v) is 19.6. The Labute approximate surface area is 199 Å². The Morgan fingerprint density at radius 1 is 1.03 bits per heavy atom. The Balaban J connectivity index is 1.62. The number of hydrogen-bond donors (Lipinski definition) is 2. The zero-order valence-electron chi connectivity index (χ0n) is 19.6. The normalized spacial score (nSPS) is 13.9.